The van der Waals surface area contributed by atoms with Crippen molar-refractivity contribution in [1.82, 2.24) is 9.88 Å². The molecule has 0 saturated carbocycles. The van der Waals surface area contributed by atoms with Crippen molar-refractivity contribution in [1.29, 1.82) is 5.26 Å². The summed E-state index contributed by atoms with van der Waals surface area (Å²) < 4.78 is 1.64. The van der Waals surface area contributed by atoms with Gasteiger partial charge in [0.25, 0.3) is 5.91 Å². The number of carbonyl (C=O) groups excluding carboxylic acids is 2. The standard InChI is InChI=1S/C18H18N4O2/c1-12(23)22-8-7-15(14-5-3-4-6-16(14)22)20-18(24)17-9-13(10-19)11-21(17)2/h3-6,9,11,15H,7-8H2,1-2H3,(H,20,24). The first-order chi connectivity index (χ1) is 11.5. The van der Waals surface area contributed by atoms with E-state index in [0.29, 0.717) is 24.2 Å². The number of benzene rings is 1. The van der Waals surface area contributed by atoms with E-state index in [4.69, 9.17) is 5.26 Å². The Morgan fingerprint density at radius 3 is 2.75 bits per heavy atom. The number of para-hydroxylation sites is 1. The highest BCUT2D eigenvalue weighted by Crippen LogP contribution is 2.33. The largest absolute Gasteiger partial charge is 0.345 e. The second-order valence-electron chi connectivity index (χ2n) is 5.88. The number of anilines is 1. The Hall–Kier alpha value is -3.07. The highest BCUT2D eigenvalue weighted by molar-refractivity contribution is 5.95. The van der Waals surface area contributed by atoms with Crippen molar-refractivity contribution in [2.75, 3.05) is 11.4 Å². The average molecular weight is 322 g/mol. The number of aryl methyl sites for hydroxylation is 1. The van der Waals surface area contributed by atoms with Gasteiger partial charge in [0.05, 0.1) is 11.6 Å². The molecule has 0 saturated heterocycles. The van der Waals surface area contributed by atoms with E-state index in [9.17, 15) is 9.59 Å². The zero-order chi connectivity index (χ0) is 17.3. The Labute approximate surface area is 140 Å². The third kappa shape index (κ3) is 2.76. The van der Waals surface area contributed by atoms with Gasteiger partial charge in [-0.25, -0.2) is 0 Å². The van der Waals surface area contributed by atoms with Crippen molar-refractivity contribution in [3.8, 4) is 6.07 Å². The van der Waals surface area contributed by atoms with Gasteiger partial charge in [0.15, 0.2) is 0 Å². The number of nitrogens with zero attached hydrogens (tertiary/aromatic N) is 3. The van der Waals surface area contributed by atoms with Gasteiger partial charge < -0.3 is 14.8 Å². The molecule has 1 aromatic carbocycles. The molecule has 24 heavy (non-hydrogen) atoms. The molecule has 1 unspecified atom stereocenters. The molecular weight excluding hydrogens is 304 g/mol. The normalized spacial score (nSPS) is 16.2. The highest BCUT2D eigenvalue weighted by atomic mass is 16.2. The van der Waals surface area contributed by atoms with Gasteiger partial charge >= 0.3 is 0 Å². The molecule has 0 spiro atoms. The Balaban J connectivity index is 1.87. The summed E-state index contributed by atoms with van der Waals surface area (Å²) in [5.41, 5.74) is 2.67. The van der Waals surface area contributed by atoms with E-state index < -0.39 is 0 Å². The second kappa shape index (κ2) is 6.20. The lowest BCUT2D eigenvalue weighted by atomic mass is 9.96. The van der Waals surface area contributed by atoms with E-state index in [-0.39, 0.29) is 17.9 Å². The van der Waals surface area contributed by atoms with Crippen LogP contribution in [0.25, 0.3) is 0 Å². The molecule has 0 aliphatic carbocycles. The summed E-state index contributed by atoms with van der Waals surface area (Å²) >= 11 is 0. The molecular formula is C18H18N4O2. The van der Waals surface area contributed by atoms with E-state index in [1.807, 2.05) is 30.3 Å². The first kappa shape index (κ1) is 15.8. The molecule has 2 amide bonds. The van der Waals surface area contributed by atoms with Crippen molar-refractivity contribution in [3.05, 3.63) is 53.3 Å². The summed E-state index contributed by atoms with van der Waals surface area (Å²) in [5, 5.41) is 12.0. The van der Waals surface area contributed by atoms with Gasteiger partial charge in [0, 0.05) is 32.4 Å². The van der Waals surface area contributed by atoms with E-state index >= 15 is 0 Å². The van der Waals surface area contributed by atoms with Crippen molar-refractivity contribution >= 4 is 17.5 Å². The summed E-state index contributed by atoms with van der Waals surface area (Å²) in [6.07, 6.45) is 2.28. The number of hydrogen-bond acceptors (Lipinski definition) is 3. The molecule has 122 valence electrons. The SMILES string of the molecule is CC(=O)N1CCC(NC(=O)c2cc(C#N)cn2C)c2ccccc21. The summed E-state index contributed by atoms with van der Waals surface area (Å²) in [6, 6.07) is 11.1. The van der Waals surface area contributed by atoms with Crippen LogP contribution in [0.1, 0.15) is 41.0 Å². The molecule has 1 aromatic heterocycles. The molecule has 1 N–H and O–H groups in total. The molecule has 0 bridgehead atoms. The van der Waals surface area contributed by atoms with Crippen LogP contribution in [0, 0.1) is 11.3 Å². The monoisotopic (exact) mass is 322 g/mol. The summed E-state index contributed by atoms with van der Waals surface area (Å²) in [5.74, 6) is -0.233. The highest BCUT2D eigenvalue weighted by Gasteiger charge is 2.28. The number of rotatable bonds is 2. The minimum atomic E-state index is -0.227. The van der Waals surface area contributed by atoms with Gasteiger partial charge in [-0.2, -0.15) is 5.26 Å². The maximum absolute atomic E-state index is 12.6. The number of amides is 2. The lowest BCUT2D eigenvalue weighted by Crippen LogP contribution is -2.40. The Kier molecular flexibility index (Phi) is 4.09. The molecule has 1 atom stereocenters. The maximum atomic E-state index is 12.6. The van der Waals surface area contributed by atoms with E-state index in [2.05, 4.69) is 5.32 Å². The minimum Gasteiger partial charge on any atom is -0.345 e. The fourth-order valence-corrected chi connectivity index (χ4v) is 3.12. The number of carbonyl (C=O) groups is 2. The van der Waals surface area contributed by atoms with Gasteiger partial charge in [0.1, 0.15) is 11.8 Å². The lowest BCUT2D eigenvalue weighted by Gasteiger charge is -2.34. The summed E-state index contributed by atoms with van der Waals surface area (Å²) in [6.45, 7) is 2.11. The van der Waals surface area contributed by atoms with Gasteiger partial charge in [0.2, 0.25) is 5.91 Å². The van der Waals surface area contributed by atoms with Crippen molar-refractivity contribution in [3.63, 3.8) is 0 Å². The van der Waals surface area contributed by atoms with Crippen LogP contribution in [-0.2, 0) is 11.8 Å². The molecule has 2 heterocycles. The van der Waals surface area contributed by atoms with Crippen LogP contribution in [0.15, 0.2) is 36.5 Å². The molecule has 2 aromatic rings. The maximum Gasteiger partial charge on any atom is 0.268 e. The minimum absolute atomic E-state index is 0.00618. The fourth-order valence-electron chi connectivity index (χ4n) is 3.12. The van der Waals surface area contributed by atoms with E-state index in [1.54, 1.807) is 35.7 Å². The Morgan fingerprint density at radius 1 is 1.33 bits per heavy atom. The topological polar surface area (TPSA) is 78.1 Å². The number of nitrogens with one attached hydrogen (secondary N) is 1. The zero-order valence-electron chi connectivity index (χ0n) is 13.6. The van der Waals surface area contributed by atoms with Crippen LogP contribution in [0.4, 0.5) is 5.69 Å². The van der Waals surface area contributed by atoms with Gasteiger partial charge in [-0.05, 0) is 24.1 Å². The van der Waals surface area contributed by atoms with Crippen molar-refractivity contribution in [2.45, 2.75) is 19.4 Å². The van der Waals surface area contributed by atoms with E-state index in [1.165, 1.54) is 0 Å². The lowest BCUT2D eigenvalue weighted by molar-refractivity contribution is -0.116. The predicted octanol–water partition coefficient (Wildman–Crippen LogP) is 2.12. The third-order valence-electron chi connectivity index (χ3n) is 4.30. The van der Waals surface area contributed by atoms with Crippen LogP contribution >= 0.6 is 0 Å². The first-order valence-corrected chi connectivity index (χ1v) is 7.75. The van der Waals surface area contributed by atoms with Crippen LogP contribution in [0.3, 0.4) is 0 Å². The third-order valence-corrected chi connectivity index (χ3v) is 4.30. The summed E-state index contributed by atoms with van der Waals surface area (Å²) in [4.78, 5) is 26.1. The number of aromatic nitrogens is 1. The predicted molar refractivity (Wildman–Crippen MR) is 89.4 cm³/mol. The van der Waals surface area contributed by atoms with Gasteiger partial charge in [-0.3, -0.25) is 9.59 Å². The molecule has 0 radical (unpaired) electrons. The first-order valence-electron chi connectivity index (χ1n) is 7.75. The summed E-state index contributed by atoms with van der Waals surface area (Å²) in [7, 11) is 1.74. The van der Waals surface area contributed by atoms with Crippen LogP contribution in [0.2, 0.25) is 0 Å². The molecule has 3 rings (SSSR count). The second-order valence-corrected chi connectivity index (χ2v) is 5.88. The molecule has 1 aliphatic rings. The van der Waals surface area contributed by atoms with Crippen molar-refractivity contribution < 1.29 is 9.59 Å². The quantitative estimate of drug-likeness (QED) is 0.920. The molecule has 6 heteroatoms. The van der Waals surface area contributed by atoms with E-state index in [0.717, 1.165) is 11.3 Å². The number of nitriles is 1. The molecule has 1 aliphatic heterocycles. The van der Waals surface area contributed by atoms with Crippen LogP contribution in [-0.4, -0.2) is 22.9 Å². The number of hydrogen-bond donors (Lipinski definition) is 1. The smallest absolute Gasteiger partial charge is 0.268 e. The van der Waals surface area contributed by atoms with Crippen LogP contribution < -0.4 is 10.2 Å². The number of fused-ring (bicyclic) bond motifs is 1. The van der Waals surface area contributed by atoms with Crippen LogP contribution in [0.5, 0.6) is 0 Å². The Bertz CT molecular complexity index is 847. The van der Waals surface area contributed by atoms with Crippen molar-refractivity contribution in [2.24, 2.45) is 7.05 Å². The average Bonchev–Trinajstić information content (AvgIpc) is 2.96. The fraction of sp³-hybridized carbons (Fsp3) is 0.278. The zero-order valence-corrected chi connectivity index (χ0v) is 13.6. The molecule has 0 fully saturated rings. The Morgan fingerprint density at radius 2 is 2.08 bits per heavy atom. The van der Waals surface area contributed by atoms with Gasteiger partial charge in [-0.1, -0.05) is 18.2 Å². The molecule has 6 nitrogen and oxygen atoms in total. The van der Waals surface area contributed by atoms with Gasteiger partial charge in [-0.15, -0.1) is 0 Å².